The zero-order chi connectivity index (χ0) is 14.5. The number of benzene rings is 1. The lowest BCUT2D eigenvalue weighted by Gasteiger charge is -2.01. The second kappa shape index (κ2) is 6.90. The van der Waals surface area contributed by atoms with Gasteiger partial charge in [0.2, 0.25) is 0 Å². The third-order valence-corrected chi connectivity index (χ3v) is 3.92. The molecule has 0 aliphatic heterocycles. The van der Waals surface area contributed by atoms with E-state index in [1.165, 1.54) is 24.0 Å². The van der Waals surface area contributed by atoms with E-state index in [1.807, 2.05) is 6.20 Å². The first kappa shape index (κ1) is 14.3. The number of oxazole rings is 1. The normalized spacial score (nSPS) is 14.5. The average molecular weight is 284 g/mol. The topological polar surface area (TPSA) is 38.1 Å². The van der Waals surface area contributed by atoms with Gasteiger partial charge in [0, 0.05) is 18.9 Å². The Bertz CT molecular complexity index is 572. The molecule has 0 spiro atoms. The Morgan fingerprint density at radius 2 is 2.14 bits per heavy atom. The summed E-state index contributed by atoms with van der Waals surface area (Å²) in [6, 6.07) is 9.45. The van der Waals surface area contributed by atoms with Crippen molar-refractivity contribution in [1.82, 2.24) is 10.3 Å². The minimum atomic E-state index is 0.791. The standard InChI is InChI=1S/C18H24N2O/c1-14-4-2-5-15(12-14)7-10-17-13-20-18(21-17)6-3-11-19-16-8-9-16/h2,4-5,12-13,16,19H,3,6-11H2,1H3. The minimum absolute atomic E-state index is 0.791. The second-order valence-electron chi connectivity index (χ2n) is 6.04. The van der Waals surface area contributed by atoms with Crippen molar-refractivity contribution < 1.29 is 4.42 Å². The fraction of sp³-hybridized carbons (Fsp3) is 0.500. The largest absolute Gasteiger partial charge is 0.446 e. The quantitative estimate of drug-likeness (QED) is 0.754. The highest BCUT2D eigenvalue weighted by molar-refractivity contribution is 5.22. The fourth-order valence-electron chi connectivity index (χ4n) is 2.55. The van der Waals surface area contributed by atoms with Crippen molar-refractivity contribution in [3.8, 4) is 0 Å². The molecule has 1 aromatic heterocycles. The Kier molecular flexibility index (Phi) is 4.71. The third kappa shape index (κ3) is 4.71. The van der Waals surface area contributed by atoms with E-state index in [4.69, 9.17) is 4.42 Å². The Morgan fingerprint density at radius 3 is 2.95 bits per heavy atom. The second-order valence-corrected chi connectivity index (χ2v) is 6.04. The van der Waals surface area contributed by atoms with Gasteiger partial charge in [-0.1, -0.05) is 29.8 Å². The van der Waals surface area contributed by atoms with E-state index in [9.17, 15) is 0 Å². The van der Waals surface area contributed by atoms with Crippen molar-refractivity contribution in [1.29, 1.82) is 0 Å². The molecule has 0 atom stereocenters. The van der Waals surface area contributed by atoms with Crippen LogP contribution >= 0.6 is 0 Å². The van der Waals surface area contributed by atoms with Gasteiger partial charge in [0.25, 0.3) is 0 Å². The van der Waals surface area contributed by atoms with E-state index in [0.717, 1.165) is 49.9 Å². The minimum Gasteiger partial charge on any atom is -0.446 e. The first-order valence-corrected chi connectivity index (χ1v) is 8.02. The Morgan fingerprint density at radius 1 is 1.24 bits per heavy atom. The maximum atomic E-state index is 5.82. The summed E-state index contributed by atoms with van der Waals surface area (Å²) in [6.45, 7) is 3.21. The van der Waals surface area contributed by atoms with E-state index in [-0.39, 0.29) is 0 Å². The van der Waals surface area contributed by atoms with Gasteiger partial charge >= 0.3 is 0 Å². The Labute approximate surface area is 126 Å². The van der Waals surface area contributed by atoms with Gasteiger partial charge in [-0.2, -0.15) is 0 Å². The summed E-state index contributed by atoms with van der Waals surface area (Å²) in [5.74, 6) is 1.88. The van der Waals surface area contributed by atoms with E-state index in [2.05, 4.69) is 41.5 Å². The molecule has 0 saturated heterocycles. The number of hydrogen-bond acceptors (Lipinski definition) is 3. The van der Waals surface area contributed by atoms with Gasteiger partial charge in [-0.3, -0.25) is 0 Å². The number of aryl methyl sites for hydroxylation is 4. The molecule has 112 valence electrons. The predicted octanol–water partition coefficient (Wildman–Crippen LogP) is 3.45. The first-order valence-electron chi connectivity index (χ1n) is 8.02. The summed E-state index contributed by atoms with van der Waals surface area (Å²) < 4.78 is 5.82. The monoisotopic (exact) mass is 284 g/mol. The van der Waals surface area contributed by atoms with Gasteiger partial charge in [-0.15, -0.1) is 0 Å². The number of aromatic nitrogens is 1. The molecule has 21 heavy (non-hydrogen) atoms. The van der Waals surface area contributed by atoms with Gasteiger partial charge in [-0.25, -0.2) is 4.98 Å². The van der Waals surface area contributed by atoms with Gasteiger partial charge in [-0.05, 0) is 44.7 Å². The van der Waals surface area contributed by atoms with Crippen LogP contribution in [0, 0.1) is 6.92 Å². The SMILES string of the molecule is Cc1cccc(CCc2cnc(CCCNC3CC3)o2)c1. The summed E-state index contributed by atoms with van der Waals surface area (Å²) in [7, 11) is 0. The van der Waals surface area contributed by atoms with E-state index in [0.29, 0.717) is 0 Å². The van der Waals surface area contributed by atoms with Crippen molar-refractivity contribution in [2.75, 3.05) is 6.54 Å². The van der Waals surface area contributed by atoms with Crippen LogP contribution in [0.5, 0.6) is 0 Å². The zero-order valence-electron chi connectivity index (χ0n) is 12.8. The number of rotatable bonds is 8. The van der Waals surface area contributed by atoms with Crippen molar-refractivity contribution >= 4 is 0 Å². The van der Waals surface area contributed by atoms with Crippen LogP contribution in [-0.2, 0) is 19.3 Å². The lowest BCUT2D eigenvalue weighted by molar-refractivity contribution is 0.445. The lowest BCUT2D eigenvalue weighted by atomic mass is 10.1. The molecule has 0 amide bonds. The van der Waals surface area contributed by atoms with Gasteiger partial charge in [0.05, 0.1) is 6.20 Å². The first-order chi connectivity index (χ1) is 10.3. The van der Waals surface area contributed by atoms with Crippen molar-refractivity contribution in [3.05, 3.63) is 53.2 Å². The molecule has 3 nitrogen and oxygen atoms in total. The highest BCUT2D eigenvalue weighted by Gasteiger charge is 2.19. The van der Waals surface area contributed by atoms with Crippen LogP contribution < -0.4 is 5.32 Å². The fourth-order valence-corrected chi connectivity index (χ4v) is 2.55. The summed E-state index contributed by atoms with van der Waals surface area (Å²) in [4.78, 5) is 4.38. The van der Waals surface area contributed by atoms with E-state index < -0.39 is 0 Å². The molecule has 0 bridgehead atoms. The summed E-state index contributed by atoms with van der Waals surface area (Å²) in [5.41, 5.74) is 2.68. The van der Waals surface area contributed by atoms with Crippen LogP contribution in [0.4, 0.5) is 0 Å². The van der Waals surface area contributed by atoms with Crippen molar-refractivity contribution in [2.24, 2.45) is 0 Å². The molecule has 3 rings (SSSR count). The Hall–Kier alpha value is -1.61. The molecule has 2 aromatic rings. The van der Waals surface area contributed by atoms with Gasteiger partial charge < -0.3 is 9.73 Å². The molecular weight excluding hydrogens is 260 g/mol. The molecule has 3 heteroatoms. The molecular formula is C18H24N2O. The van der Waals surface area contributed by atoms with Gasteiger partial charge in [0.15, 0.2) is 5.89 Å². The van der Waals surface area contributed by atoms with Crippen LogP contribution in [0.3, 0.4) is 0 Å². The molecule has 0 radical (unpaired) electrons. The number of hydrogen-bond donors (Lipinski definition) is 1. The summed E-state index contributed by atoms with van der Waals surface area (Å²) >= 11 is 0. The molecule has 1 fully saturated rings. The highest BCUT2D eigenvalue weighted by Crippen LogP contribution is 2.18. The predicted molar refractivity (Wildman–Crippen MR) is 84.4 cm³/mol. The lowest BCUT2D eigenvalue weighted by Crippen LogP contribution is -2.17. The molecule has 1 aliphatic rings. The maximum absolute atomic E-state index is 5.82. The third-order valence-electron chi connectivity index (χ3n) is 3.92. The van der Waals surface area contributed by atoms with Crippen LogP contribution in [0.2, 0.25) is 0 Å². The van der Waals surface area contributed by atoms with E-state index >= 15 is 0 Å². The molecule has 0 unspecified atom stereocenters. The molecule has 1 saturated carbocycles. The number of nitrogens with one attached hydrogen (secondary N) is 1. The van der Waals surface area contributed by atoms with Crippen LogP contribution in [0.15, 0.2) is 34.9 Å². The molecule has 1 heterocycles. The van der Waals surface area contributed by atoms with Crippen LogP contribution in [0.25, 0.3) is 0 Å². The average Bonchev–Trinajstić information content (AvgIpc) is 3.20. The van der Waals surface area contributed by atoms with Crippen molar-refractivity contribution in [2.45, 2.75) is 51.5 Å². The molecule has 1 N–H and O–H groups in total. The zero-order valence-corrected chi connectivity index (χ0v) is 12.8. The van der Waals surface area contributed by atoms with E-state index in [1.54, 1.807) is 0 Å². The summed E-state index contributed by atoms with van der Waals surface area (Å²) in [6.07, 6.45) is 8.57. The highest BCUT2D eigenvalue weighted by atomic mass is 16.4. The maximum Gasteiger partial charge on any atom is 0.194 e. The smallest absolute Gasteiger partial charge is 0.194 e. The summed E-state index contributed by atoms with van der Waals surface area (Å²) in [5, 5.41) is 3.52. The van der Waals surface area contributed by atoms with Crippen molar-refractivity contribution in [3.63, 3.8) is 0 Å². The number of nitrogens with zero attached hydrogens (tertiary/aromatic N) is 1. The Balaban J connectivity index is 1.41. The van der Waals surface area contributed by atoms with Crippen LogP contribution in [-0.4, -0.2) is 17.6 Å². The molecule has 1 aliphatic carbocycles. The van der Waals surface area contributed by atoms with Crippen LogP contribution in [0.1, 0.15) is 42.0 Å². The molecule has 1 aromatic carbocycles. The van der Waals surface area contributed by atoms with Gasteiger partial charge in [0.1, 0.15) is 5.76 Å².